The summed E-state index contributed by atoms with van der Waals surface area (Å²) in [6.07, 6.45) is 3.85. The number of carbonyl (C=O) groups excluding carboxylic acids is 1. The summed E-state index contributed by atoms with van der Waals surface area (Å²) in [6.45, 7) is 6.84. The first-order valence-electron chi connectivity index (χ1n) is 12.5. The molecule has 1 saturated carbocycles. The van der Waals surface area contributed by atoms with Gasteiger partial charge in [-0.25, -0.2) is 9.18 Å². The van der Waals surface area contributed by atoms with Crippen molar-refractivity contribution in [2.75, 3.05) is 19.8 Å². The molecule has 8 nitrogen and oxygen atoms in total. The third-order valence-corrected chi connectivity index (χ3v) is 6.94. The standard InChI is InChI=1S/C28H33FN2O6/c1-17(2)30-23(28(34)35)16-37-22-5-3-4-21(12-22)36-15-19-8-6-18(7-9-19)13-31-14-20-10-11-24(32)26(29)25(20)27(31)33/h3-5,10-12,18-19,23,30,32H,1,6-9,13-16H2,2H3,(H,34,35)/t18?,19?,23-/m0/s1. The molecule has 198 valence electrons. The van der Waals surface area contributed by atoms with Gasteiger partial charge in [0, 0.05) is 24.9 Å². The molecule has 2 aliphatic rings. The number of aromatic hydroxyl groups is 1. The Hall–Kier alpha value is -3.75. The van der Waals surface area contributed by atoms with Crippen LogP contribution >= 0.6 is 0 Å². The third kappa shape index (κ3) is 6.53. The molecule has 0 radical (unpaired) electrons. The second kappa shape index (κ2) is 11.5. The maximum absolute atomic E-state index is 14.2. The Bertz CT molecular complexity index is 1160. The van der Waals surface area contributed by atoms with Crippen LogP contribution in [0, 0.1) is 17.7 Å². The zero-order valence-corrected chi connectivity index (χ0v) is 20.9. The number of carboxylic acid groups (broad SMARTS) is 1. The summed E-state index contributed by atoms with van der Waals surface area (Å²) >= 11 is 0. The number of ether oxygens (including phenoxy) is 2. The molecule has 1 heterocycles. The van der Waals surface area contributed by atoms with Gasteiger partial charge in [0.1, 0.15) is 18.1 Å². The van der Waals surface area contributed by atoms with E-state index in [2.05, 4.69) is 11.9 Å². The van der Waals surface area contributed by atoms with Crippen molar-refractivity contribution in [3.8, 4) is 17.2 Å². The fraction of sp³-hybridized carbons (Fsp3) is 0.429. The number of phenolic OH excluding ortho intramolecular Hbond substituents is 1. The predicted octanol–water partition coefficient (Wildman–Crippen LogP) is 4.33. The number of benzene rings is 2. The summed E-state index contributed by atoms with van der Waals surface area (Å²) in [5.41, 5.74) is 1.17. The zero-order chi connectivity index (χ0) is 26.5. The SMILES string of the molecule is C=C(C)N[C@@H](COc1cccc(OCC2CCC(CN3Cc4ccc(O)c(F)c4C3=O)CC2)c1)C(=O)O. The van der Waals surface area contributed by atoms with Crippen molar-refractivity contribution < 1.29 is 33.7 Å². The number of allylic oxidation sites excluding steroid dienone is 1. The van der Waals surface area contributed by atoms with E-state index in [1.165, 1.54) is 6.07 Å². The van der Waals surface area contributed by atoms with Crippen LogP contribution in [0.5, 0.6) is 17.2 Å². The van der Waals surface area contributed by atoms with Crippen LogP contribution in [-0.4, -0.2) is 52.8 Å². The first-order chi connectivity index (χ1) is 17.7. The van der Waals surface area contributed by atoms with Gasteiger partial charge >= 0.3 is 5.97 Å². The molecule has 9 heteroatoms. The smallest absolute Gasteiger partial charge is 0.329 e. The average molecular weight is 513 g/mol. The number of amides is 1. The molecule has 0 bridgehead atoms. The molecule has 0 aromatic heterocycles. The van der Waals surface area contributed by atoms with Crippen molar-refractivity contribution in [2.45, 2.75) is 45.2 Å². The lowest BCUT2D eigenvalue weighted by atomic mass is 9.82. The molecule has 1 aliphatic heterocycles. The van der Waals surface area contributed by atoms with E-state index in [0.717, 1.165) is 25.7 Å². The van der Waals surface area contributed by atoms with Gasteiger partial charge < -0.3 is 29.9 Å². The number of phenols is 1. The minimum Gasteiger partial charge on any atom is -0.505 e. The van der Waals surface area contributed by atoms with Gasteiger partial charge in [0.2, 0.25) is 0 Å². The van der Waals surface area contributed by atoms with Crippen molar-refractivity contribution in [3.05, 3.63) is 65.6 Å². The maximum atomic E-state index is 14.2. The summed E-state index contributed by atoms with van der Waals surface area (Å²) in [7, 11) is 0. The molecule has 3 N–H and O–H groups in total. The molecular weight excluding hydrogens is 479 g/mol. The Kier molecular flexibility index (Phi) is 8.21. The molecule has 2 aromatic carbocycles. The molecular formula is C28H33FN2O6. The van der Waals surface area contributed by atoms with Gasteiger partial charge in [-0.1, -0.05) is 18.7 Å². The van der Waals surface area contributed by atoms with Gasteiger partial charge in [-0.2, -0.15) is 0 Å². The number of hydrogen-bond acceptors (Lipinski definition) is 6. The highest BCUT2D eigenvalue weighted by molar-refractivity contribution is 5.99. The normalized spacial score (nSPS) is 19.7. The minimum absolute atomic E-state index is 0.00106. The Balaban J connectivity index is 1.21. The van der Waals surface area contributed by atoms with Crippen molar-refractivity contribution >= 4 is 11.9 Å². The summed E-state index contributed by atoms with van der Waals surface area (Å²) < 4.78 is 25.9. The van der Waals surface area contributed by atoms with Crippen LogP contribution in [0.2, 0.25) is 0 Å². The van der Waals surface area contributed by atoms with Crippen LogP contribution in [0.4, 0.5) is 4.39 Å². The minimum atomic E-state index is -1.02. The van der Waals surface area contributed by atoms with E-state index in [4.69, 9.17) is 9.47 Å². The van der Waals surface area contributed by atoms with Crippen LogP contribution in [0.1, 0.15) is 48.5 Å². The van der Waals surface area contributed by atoms with E-state index in [1.54, 1.807) is 36.1 Å². The quantitative estimate of drug-likeness (QED) is 0.411. The fourth-order valence-electron chi connectivity index (χ4n) is 4.96. The van der Waals surface area contributed by atoms with Crippen LogP contribution in [0.15, 0.2) is 48.7 Å². The number of nitrogens with zero attached hydrogens (tertiary/aromatic N) is 1. The highest BCUT2D eigenvalue weighted by Crippen LogP contribution is 2.34. The number of nitrogens with one attached hydrogen (secondary N) is 1. The molecule has 1 atom stereocenters. The van der Waals surface area contributed by atoms with Gasteiger partial charge in [-0.05, 0) is 68.2 Å². The van der Waals surface area contributed by atoms with Crippen LogP contribution < -0.4 is 14.8 Å². The van der Waals surface area contributed by atoms with E-state index >= 15 is 0 Å². The number of halogens is 1. The molecule has 0 saturated heterocycles. The Labute approximate surface area is 215 Å². The molecule has 4 rings (SSSR count). The van der Waals surface area contributed by atoms with Crippen LogP contribution in [0.25, 0.3) is 0 Å². The third-order valence-electron chi connectivity index (χ3n) is 6.94. The summed E-state index contributed by atoms with van der Waals surface area (Å²) in [5.74, 6) is -0.767. The van der Waals surface area contributed by atoms with Gasteiger partial charge in [-0.15, -0.1) is 0 Å². The largest absolute Gasteiger partial charge is 0.505 e. The monoisotopic (exact) mass is 512 g/mol. The Morgan fingerprint density at radius 1 is 1.16 bits per heavy atom. The lowest BCUT2D eigenvalue weighted by Gasteiger charge is -2.31. The number of carbonyl (C=O) groups is 2. The molecule has 1 aliphatic carbocycles. The van der Waals surface area contributed by atoms with E-state index in [-0.39, 0.29) is 18.1 Å². The van der Waals surface area contributed by atoms with E-state index in [9.17, 15) is 24.2 Å². The van der Waals surface area contributed by atoms with E-state index in [0.29, 0.717) is 54.3 Å². The van der Waals surface area contributed by atoms with Crippen molar-refractivity contribution in [3.63, 3.8) is 0 Å². The van der Waals surface area contributed by atoms with Crippen LogP contribution in [0.3, 0.4) is 0 Å². The van der Waals surface area contributed by atoms with Gasteiger partial charge in [0.05, 0.1) is 12.2 Å². The van der Waals surface area contributed by atoms with Gasteiger partial charge in [0.25, 0.3) is 5.91 Å². The van der Waals surface area contributed by atoms with Crippen molar-refractivity contribution in [1.29, 1.82) is 0 Å². The molecule has 2 aromatic rings. The number of carboxylic acids is 1. The lowest BCUT2D eigenvalue weighted by molar-refractivity contribution is -0.140. The molecule has 1 fully saturated rings. The molecule has 0 unspecified atom stereocenters. The predicted molar refractivity (Wildman–Crippen MR) is 135 cm³/mol. The zero-order valence-electron chi connectivity index (χ0n) is 20.9. The topological polar surface area (TPSA) is 108 Å². The number of hydrogen-bond donors (Lipinski definition) is 3. The van der Waals surface area contributed by atoms with Gasteiger partial charge in [-0.3, -0.25) is 4.79 Å². The van der Waals surface area contributed by atoms with E-state index in [1.807, 2.05) is 6.07 Å². The highest BCUT2D eigenvalue weighted by Gasteiger charge is 2.34. The number of fused-ring (bicyclic) bond motifs is 1. The van der Waals surface area contributed by atoms with Gasteiger partial charge in [0.15, 0.2) is 17.6 Å². The fourth-order valence-corrected chi connectivity index (χ4v) is 4.96. The molecule has 0 spiro atoms. The Morgan fingerprint density at radius 2 is 1.84 bits per heavy atom. The number of aliphatic carboxylic acids is 1. The average Bonchev–Trinajstić information content (AvgIpc) is 3.19. The summed E-state index contributed by atoms with van der Waals surface area (Å²) in [5, 5.41) is 21.7. The second-order valence-electron chi connectivity index (χ2n) is 9.92. The highest BCUT2D eigenvalue weighted by atomic mass is 19.1. The molecule has 1 amide bonds. The second-order valence-corrected chi connectivity index (χ2v) is 9.92. The van der Waals surface area contributed by atoms with Crippen molar-refractivity contribution in [1.82, 2.24) is 10.2 Å². The molecule has 37 heavy (non-hydrogen) atoms. The lowest BCUT2D eigenvalue weighted by Crippen LogP contribution is -2.40. The maximum Gasteiger partial charge on any atom is 0.329 e. The first-order valence-corrected chi connectivity index (χ1v) is 12.5. The number of rotatable bonds is 11. The Morgan fingerprint density at radius 3 is 2.51 bits per heavy atom. The van der Waals surface area contributed by atoms with E-state index < -0.39 is 23.6 Å². The first kappa shape index (κ1) is 26.3. The summed E-state index contributed by atoms with van der Waals surface area (Å²) in [6, 6.07) is 9.16. The van der Waals surface area contributed by atoms with Crippen LogP contribution in [-0.2, 0) is 11.3 Å². The van der Waals surface area contributed by atoms with Crippen molar-refractivity contribution in [2.24, 2.45) is 11.8 Å². The summed E-state index contributed by atoms with van der Waals surface area (Å²) in [4.78, 5) is 25.7.